The van der Waals surface area contributed by atoms with Crippen molar-refractivity contribution in [3.05, 3.63) is 72.0 Å². The number of likely N-dealkylation sites (tertiary alicyclic amines) is 1. The van der Waals surface area contributed by atoms with Gasteiger partial charge < -0.3 is 19.3 Å². The number of likely N-dealkylation sites (N-methyl/N-ethyl adjacent to an activating group) is 1. The predicted molar refractivity (Wildman–Crippen MR) is 172 cm³/mol. The molecule has 1 aromatic carbocycles. The van der Waals surface area contributed by atoms with E-state index in [4.69, 9.17) is 19.6 Å². The Hall–Kier alpha value is -4.46. The lowest BCUT2D eigenvalue weighted by Crippen LogP contribution is -2.45. The lowest BCUT2D eigenvalue weighted by Gasteiger charge is -2.36. The average Bonchev–Trinajstić information content (AvgIpc) is 3.79. The number of methoxy groups -OCH3 is 1. The third-order valence-electron chi connectivity index (χ3n) is 8.68. The molecule has 0 unspecified atom stereocenters. The van der Waals surface area contributed by atoms with Crippen LogP contribution in [0.5, 0.6) is 5.75 Å². The van der Waals surface area contributed by atoms with Gasteiger partial charge in [-0.3, -0.25) is 14.2 Å². The van der Waals surface area contributed by atoms with Gasteiger partial charge in [0.1, 0.15) is 35.4 Å². The van der Waals surface area contributed by atoms with E-state index < -0.39 is 11.6 Å². The number of benzene rings is 1. The summed E-state index contributed by atoms with van der Waals surface area (Å²) in [6, 6.07) is 5.89. The van der Waals surface area contributed by atoms with Gasteiger partial charge in [-0.1, -0.05) is 6.58 Å². The van der Waals surface area contributed by atoms with E-state index in [-0.39, 0.29) is 42.5 Å². The van der Waals surface area contributed by atoms with E-state index in [1.54, 1.807) is 11.1 Å². The van der Waals surface area contributed by atoms with Crippen molar-refractivity contribution < 1.29 is 23.0 Å². The third-order valence-corrected chi connectivity index (χ3v) is 9.61. The van der Waals surface area contributed by atoms with Gasteiger partial charge in [-0.05, 0) is 37.6 Å². The fourth-order valence-electron chi connectivity index (χ4n) is 6.33. The number of amides is 1. The van der Waals surface area contributed by atoms with Crippen LogP contribution in [-0.2, 0) is 16.1 Å². The van der Waals surface area contributed by atoms with Crippen LogP contribution in [0.15, 0.2) is 54.7 Å². The van der Waals surface area contributed by atoms with Crippen LogP contribution in [-0.4, -0.2) is 87.3 Å². The first-order valence-corrected chi connectivity index (χ1v) is 15.9. The quantitative estimate of drug-likeness (QED) is 0.153. The molecule has 0 radical (unpaired) electrons. The summed E-state index contributed by atoms with van der Waals surface area (Å²) in [6.07, 6.45) is 5.11. The van der Waals surface area contributed by atoms with Gasteiger partial charge in [-0.15, -0.1) is 11.3 Å². The molecule has 7 rings (SSSR count). The van der Waals surface area contributed by atoms with E-state index >= 15 is 4.39 Å². The van der Waals surface area contributed by atoms with Crippen LogP contribution in [0.1, 0.15) is 24.7 Å². The third kappa shape index (κ3) is 5.17. The second kappa shape index (κ2) is 12.0. The molecule has 0 bridgehead atoms. The normalized spacial score (nSPS) is 16.9. The van der Waals surface area contributed by atoms with Crippen molar-refractivity contribution in [2.24, 2.45) is 0 Å². The molecule has 238 valence electrons. The van der Waals surface area contributed by atoms with Crippen LogP contribution in [0.2, 0.25) is 0 Å². The van der Waals surface area contributed by atoms with E-state index in [1.807, 2.05) is 40.0 Å². The molecule has 2 aliphatic heterocycles. The SMILES string of the molecule is C=CC(=O)N1CCn2nc(-c3nc(-c4cnn(C5CN(C)C5)c4)c4ccsc4c3-c3c(F)cc(F)cc3OCCOC)cc2[C@H]1C. The van der Waals surface area contributed by atoms with Gasteiger partial charge in [-0.2, -0.15) is 10.2 Å². The second-order valence-electron chi connectivity index (χ2n) is 11.6. The molecule has 5 aromatic rings. The number of nitrogens with zero attached hydrogens (tertiary/aromatic N) is 7. The van der Waals surface area contributed by atoms with E-state index in [2.05, 4.69) is 23.6 Å². The number of thiophene rings is 1. The van der Waals surface area contributed by atoms with E-state index in [9.17, 15) is 9.18 Å². The number of carbonyl (C=O) groups is 1. The van der Waals surface area contributed by atoms with Crippen LogP contribution < -0.4 is 4.74 Å². The fourth-order valence-corrected chi connectivity index (χ4v) is 7.28. The zero-order valence-corrected chi connectivity index (χ0v) is 26.6. The molecule has 1 fully saturated rings. The molecule has 0 saturated carbocycles. The summed E-state index contributed by atoms with van der Waals surface area (Å²) in [7, 11) is 3.60. The highest BCUT2D eigenvalue weighted by molar-refractivity contribution is 7.18. The summed E-state index contributed by atoms with van der Waals surface area (Å²) in [6.45, 7) is 8.68. The number of hydrogen-bond donors (Lipinski definition) is 0. The molecular formula is C33H33F2N7O3S. The highest BCUT2D eigenvalue weighted by Gasteiger charge is 2.32. The van der Waals surface area contributed by atoms with E-state index in [0.717, 1.165) is 40.5 Å². The largest absolute Gasteiger partial charge is 0.490 e. The van der Waals surface area contributed by atoms with Crippen molar-refractivity contribution >= 4 is 27.3 Å². The summed E-state index contributed by atoms with van der Waals surface area (Å²) in [5.74, 6) is -1.65. The Morgan fingerprint density at radius 3 is 2.74 bits per heavy atom. The summed E-state index contributed by atoms with van der Waals surface area (Å²) >= 11 is 1.44. The molecule has 0 N–H and O–H groups in total. The maximum atomic E-state index is 16.0. The molecule has 1 amide bonds. The Kier molecular flexibility index (Phi) is 7.91. The van der Waals surface area contributed by atoms with Crippen molar-refractivity contribution in [2.45, 2.75) is 25.6 Å². The number of aromatic nitrogens is 5. The zero-order valence-electron chi connectivity index (χ0n) is 25.7. The van der Waals surface area contributed by atoms with Crippen molar-refractivity contribution in [3.63, 3.8) is 0 Å². The van der Waals surface area contributed by atoms with Crippen molar-refractivity contribution in [1.29, 1.82) is 0 Å². The van der Waals surface area contributed by atoms with Gasteiger partial charge in [0.25, 0.3) is 0 Å². The molecule has 13 heteroatoms. The lowest BCUT2D eigenvalue weighted by molar-refractivity contribution is -0.129. The zero-order chi connectivity index (χ0) is 32.1. The van der Waals surface area contributed by atoms with Crippen molar-refractivity contribution in [3.8, 4) is 39.5 Å². The minimum Gasteiger partial charge on any atom is -0.490 e. The standard InChI is InChI=1S/C33H33F2N7O3S/c1-5-28(43)40-7-8-41-26(19(40)2)14-25(38-41)32-30(29-24(35)12-21(34)13-27(29)45-10-9-44-4)33-23(6-11-46-33)31(37-32)20-15-36-42(16-20)22-17-39(3)18-22/h5-6,11-16,19,22H,1,7-10,17-18H2,2-4H3/t19-/m1/s1. The summed E-state index contributed by atoms with van der Waals surface area (Å²) in [4.78, 5) is 21.7. The number of hydrogen-bond acceptors (Lipinski definition) is 8. The Morgan fingerprint density at radius 2 is 1.98 bits per heavy atom. The lowest BCUT2D eigenvalue weighted by atomic mass is 9.96. The molecule has 2 aliphatic rings. The maximum absolute atomic E-state index is 16.0. The van der Waals surface area contributed by atoms with E-state index in [0.29, 0.717) is 35.7 Å². The highest BCUT2D eigenvalue weighted by Crippen LogP contribution is 2.47. The molecule has 0 aliphatic carbocycles. The highest BCUT2D eigenvalue weighted by atomic mass is 32.1. The number of pyridine rings is 1. The topological polar surface area (TPSA) is 90.5 Å². The van der Waals surface area contributed by atoms with Crippen LogP contribution in [0, 0.1) is 11.6 Å². The Balaban J connectivity index is 1.45. The van der Waals surface area contributed by atoms with Gasteiger partial charge >= 0.3 is 0 Å². The molecule has 10 nitrogen and oxygen atoms in total. The monoisotopic (exact) mass is 645 g/mol. The van der Waals surface area contributed by atoms with Crippen LogP contribution in [0.4, 0.5) is 8.78 Å². The molecular weight excluding hydrogens is 612 g/mol. The van der Waals surface area contributed by atoms with Crippen LogP contribution >= 0.6 is 11.3 Å². The molecule has 1 atom stereocenters. The summed E-state index contributed by atoms with van der Waals surface area (Å²) < 4.78 is 46.3. The van der Waals surface area contributed by atoms with Crippen LogP contribution in [0.3, 0.4) is 0 Å². The number of ether oxygens (including phenoxy) is 2. The summed E-state index contributed by atoms with van der Waals surface area (Å²) in [5.41, 5.74) is 3.78. The predicted octanol–water partition coefficient (Wildman–Crippen LogP) is 5.57. The fraction of sp³-hybridized carbons (Fsp3) is 0.333. The molecule has 6 heterocycles. The van der Waals surface area contributed by atoms with E-state index in [1.165, 1.54) is 30.6 Å². The number of fused-ring (bicyclic) bond motifs is 2. The second-order valence-corrected chi connectivity index (χ2v) is 12.5. The molecule has 4 aromatic heterocycles. The van der Waals surface area contributed by atoms with Gasteiger partial charge in [0, 0.05) is 66.3 Å². The Morgan fingerprint density at radius 1 is 1.15 bits per heavy atom. The number of halogens is 2. The molecule has 1 saturated heterocycles. The van der Waals surface area contributed by atoms with Gasteiger partial charge in [-0.25, -0.2) is 13.8 Å². The smallest absolute Gasteiger partial charge is 0.246 e. The first kappa shape index (κ1) is 30.2. The van der Waals surface area contributed by atoms with Gasteiger partial charge in [0.15, 0.2) is 0 Å². The van der Waals surface area contributed by atoms with Crippen molar-refractivity contribution in [2.75, 3.05) is 47.0 Å². The minimum atomic E-state index is -0.778. The first-order valence-electron chi connectivity index (χ1n) is 15.0. The Bertz CT molecular complexity index is 1960. The number of rotatable bonds is 9. The summed E-state index contributed by atoms with van der Waals surface area (Å²) in [5, 5.41) is 12.3. The number of carbonyl (C=O) groups excluding carboxylic acids is 1. The molecule has 0 spiro atoms. The Labute approximate surface area is 268 Å². The maximum Gasteiger partial charge on any atom is 0.246 e. The van der Waals surface area contributed by atoms with Crippen LogP contribution in [0.25, 0.3) is 43.9 Å². The average molecular weight is 646 g/mol. The minimum absolute atomic E-state index is 0.0436. The van der Waals surface area contributed by atoms with Gasteiger partial charge in [0.2, 0.25) is 5.91 Å². The van der Waals surface area contributed by atoms with Gasteiger partial charge in [0.05, 0.1) is 48.4 Å². The van der Waals surface area contributed by atoms with Crippen molar-refractivity contribution in [1.82, 2.24) is 34.3 Å². The first-order chi connectivity index (χ1) is 22.3. The molecule has 46 heavy (non-hydrogen) atoms.